The summed E-state index contributed by atoms with van der Waals surface area (Å²) in [5.74, 6) is 0. The van der Waals surface area contributed by atoms with Gasteiger partial charge < -0.3 is 15.4 Å². The van der Waals surface area contributed by atoms with Crippen molar-refractivity contribution in [1.29, 1.82) is 0 Å². The number of nitrogens with zero attached hydrogens (tertiary/aromatic N) is 2. The van der Waals surface area contributed by atoms with Crippen LogP contribution in [0.4, 0.5) is 4.79 Å². The molecule has 23 heavy (non-hydrogen) atoms. The van der Waals surface area contributed by atoms with Gasteiger partial charge in [-0.05, 0) is 38.3 Å². The zero-order chi connectivity index (χ0) is 16.2. The Morgan fingerprint density at radius 2 is 1.96 bits per heavy atom. The van der Waals surface area contributed by atoms with Crippen LogP contribution in [0.1, 0.15) is 37.8 Å². The molecule has 2 atom stereocenters. The van der Waals surface area contributed by atoms with Gasteiger partial charge in [-0.3, -0.25) is 4.90 Å². The van der Waals surface area contributed by atoms with Crippen LogP contribution in [0.3, 0.4) is 0 Å². The number of cyclic esters (lactones) is 1. The maximum Gasteiger partial charge on any atom is 0.410 e. The van der Waals surface area contributed by atoms with E-state index in [1.54, 1.807) is 0 Å². The van der Waals surface area contributed by atoms with E-state index in [9.17, 15) is 4.79 Å². The Morgan fingerprint density at radius 3 is 2.61 bits per heavy atom. The number of amides is 1. The van der Waals surface area contributed by atoms with Gasteiger partial charge in [0.15, 0.2) is 0 Å². The largest absolute Gasteiger partial charge is 0.447 e. The highest BCUT2D eigenvalue weighted by Crippen LogP contribution is 2.33. The van der Waals surface area contributed by atoms with Crippen molar-refractivity contribution in [3.8, 4) is 0 Å². The molecule has 0 aromatic heterocycles. The van der Waals surface area contributed by atoms with Gasteiger partial charge in [0, 0.05) is 25.2 Å². The normalized spacial score (nSPS) is 24.7. The van der Waals surface area contributed by atoms with E-state index in [1.807, 2.05) is 23.1 Å². The molecule has 2 saturated heterocycles. The van der Waals surface area contributed by atoms with Gasteiger partial charge in [-0.25, -0.2) is 4.79 Å². The molecule has 126 valence electrons. The van der Waals surface area contributed by atoms with Crippen molar-refractivity contribution in [3.05, 3.63) is 35.9 Å². The number of carbonyl (C=O) groups excluding carboxylic acids is 1. The molecule has 0 bridgehead atoms. The number of likely N-dealkylation sites (tertiary alicyclic amines) is 1. The summed E-state index contributed by atoms with van der Waals surface area (Å²) in [6.45, 7) is 5.49. The number of rotatable bonds is 5. The van der Waals surface area contributed by atoms with Gasteiger partial charge in [-0.2, -0.15) is 0 Å². The van der Waals surface area contributed by atoms with Crippen molar-refractivity contribution in [1.82, 2.24) is 9.80 Å². The first-order valence-corrected chi connectivity index (χ1v) is 8.65. The van der Waals surface area contributed by atoms with Crippen LogP contribution in [0.25, 0.3) is 0 Å². The highest BCUT2D eigenvalue weighted by molar-refractivity contribution is 5.71. The third-order valence-electron chi connectivity index (χ3n) is 5.20. The Kier molecular flexibility index (Phi) is 5.18. The Hall–Kier alpha value is -1.59. The van der Waals surface area contributed by atoms with Crippen LogP contribution in [-0.2, 0) is 4.74 Å². The van der Waals surface area contributed by atoms with Crippen molar-refractivity contribution in [2.45, 2.75) is 44.3 Å². The molecule has 1 aromatic carbocycles. The van der Waals surface area contributed by atoms with Gasteiger partial charge in [-0.1, -0.05) is 30.3 Å². The molecule has 5 heteroatoms. The summed E-state index contributed by atoms with van der Waals surface area (Å²) >= 11 is 0. The molecular weight excluding hydrogens is 290 g/mol. The Labute approximate surface area is 138 Å². The predicted octanol–water partition coefficient (Wildman–Crippen LogP) is 2.38. The fourth-order valence-corrected chi connectivity index (χ4v) is 3.80. The van der Waals surface area contributed by atoms with E-state index in [-0.39, 0.29) is 18.2 Å². The Balaban J connectivity index is 1.65. The summed E-state index contributed by atoms with van der Waals surface area (Å²) in [4.78, 5) is 16.7. The van der Waals surface area contributed by atoms with Gasteiger partial charge >= 0.3 is 6.09 Å². The molecule has 2 aliphatic heterocycles. The SMILES string of the molecule is CC(CCN)N1CCC(N2C(=O)OCC2c2ccccc2)CC1. The van der Waals surface area contributed by atoms with Crippen molar-refractivity contribution >= 4 is 6.09 Å². The first-order chi connectivity index (χ1) is 11.2. The summed E-state index contributed by atoms with van der Waals surface area (Å²) in [6.07, 6.45) is 2.89. The van der Waals surface area contributed by atoms with Crippen LogP contribution >= 0.6 is 0 Å². The van der Waals surface area contributed by atoms with Gasteiger partial charge in [0.2, 0.25) is 0 Å². The van der Waals surface area contributed by atoms with Crippen molar-refractivity contribution in [2.24, 2.45) is 5.73 Å². The molecule has 2 unspecified atom stereocenters. The van der Waals surface area contributed by atoms with E-state index < -0.39 is 0 Å². The van der Waals surface area contributed by atoms with Crippen molar-refractivity contribution < 1.29 is 9.53 Å². The van der Waals surface area contributed by atoms with E-state index in [0.717, 1.165) is 44.5 Å². The van der Waals surface area contributed by atoms with E-state index in [1.165, 1.54) is 0 Å². The van der Waals surface area contributed by atoms with Crippen LogP contribution in [0.15, 0.2) is 30.3 Å². The summed E-state index contributed by atoms with van der Waals surface area (Å²) in [5.41, 5.74) is 6.83. The van der Waals surface area contributed by atoms with Crippen LogP contribution < -0.4 is 5.73 Å². The molecule has 3 rings (SSSR count). The quantitative estimate of drug-likeness (QED) is 0.906. The summed E-state index contributed by atoms with van der Waals surface area (Å²) in [5, 5.41) is 0. The van der Waals surface area contributed by atoms with Crippen LogP contribution in [0, 0.1) is 0 Å². The molecule has 0 radical (unpaired) electrons. The molecule has 0 saturated carbocycles. The Morgan fingerprint density at radius 1 is 1.26 bits per heavy atom. The number of piperidine rings is 1. The van der Waals surface area contributed by atoms with E-state index >= 15 is 0 Å². The number of ether oxygens (including phenoxy) is 1. The minimum Gasteiger partial charge on any atom is -0.447 e. The van der Waals surface area contributed by atoms with Crippen molar-refractivity contribution in [2.75, 3.05) is 26.2 Å². The number of hydrogen-bond donors (Lipinski definition) is 1. The lowest BCUT2D eigenvalue weighted by Gasteiger charge is -2.40. The summed E-state index contributed by atoms with van der Waals surface area (Å²) in [6, 6.07) is 11.1. The lowest BCUT2D eigenvalue weighted by molar-refractivity contribution is 0.0890. The maximum absolute atomic E-state index is 12.2. The number of carbonyl (C=O) groups is 1. The Bertz CT molecular complexity index is 514. The van der Waals surface area contributed by atoms with Gasteiger partial charge in [-0.15, -0.1) is 0 Å². The molecule has 2 N–H and O–H groups in total. The standard InChI is InChI=1S/C18H27N3O2/c1-14(7-10-19)20-11-8-16(9-12-20)21-17(13-23-18(21)22)15-5-3-2-4-6-15/h2-6,14,16-17H,7-13,19H2,1H3. The third kappa shape index (κ3) is 3.51. The average molecular weight is 317 g/mol. The minimum atomic E-state index is -0.160. The summed E-state index contributed by atoms with van der Waals surface area (Å²) < 4.78 is 5.36. The van der Waals surface area contributed by atoms with E-state index in [2.05, 4.69) is 24.0 Å². The monoisotopic (exact) mass is 317 g/mol. The highest BCUT2D eigenvalue weighted by Gasteiger charge is 2.40. The zero-order valence-electron chi connectivity index (χ0n) is 13.9. The first-order valence-electron chi connectivity index (χ1n) is 8.65. The predicted molar refractivity (Wildman–Crippen MR) is 90.1 cm³/mol. The second-order valence-corrected chi connectivity index (χ2v) is 6.60. The fraction of sp³-hybridized carbons (Fsp3) is 0.611. The molecular formula is C18H27N3O2. The number of nitrogens with two attached hydrogens (primary N) is 1. The number of hydrogen-bond acceptors (Lipinski definition) is 4. The molecule has 0 spiro atoms. The topological polar surface area (TPSA) is 58.8 Å². The smallest absolute Gasteiger partial charge is 0.410 e. The van der Waals surface area contributed by atoms with E-state index in [0.29, 0.717) is 12.6 Å². The fourth-order valence-electron chi connectivity index (χ4n) is 3.80. The van der Waals surface area contributed by atoms with Crippen LogP contribution in [0.2, 0.25) is 0 Å². The van der Waals surface area contributed by atoms with Crippen LogP contribution in [-0.4, -0.2) is 54.2 Å². The highest BCUT2D eigenvalue weighted by atomic mass is 16.6. The van der Waals surface area contributed by atoms with Gasteiger partial charge in [0.1, 0.15) is 6.61 Å². The van der Waals surface area contributed by atoms with Crippen molar-refractivity contribution in [3.63, 3.8) is 0 Å². The van der Waals surface area contributed by atoms with Gasteiger partial charge in [0.05, 0.1) is 6.04 Å². The van der Waals surface area contributed by atoms with Crippen LogP contribution in [0.5, 0.6) is 0 Å². The minimum absolute atomic E-state index is 0.0571. The van der Waals surface area contributed by atoms with E-state index in [4.69, 9.17) is 10.5 Å². The lowest BCUT2D eigenvalue weighted by Crippen LogP contribution is -2.48. The molecule has 2 heterocycles. The lowest BCUT2D eigenvalue weighted by atomic mass is 9.98. The maximum atomic E-state index is 12.2. The third-order valence-corrected chi connectivity index (χ3v) is 5.20. The second-order valence-electron chi connectivity index (χ2n) is 6.60. The molecule has 1 amide bonds. The summed E-state index contributed by atoms with van der Waals surface area (Å²) in [7, 11) is 0. The molecule has 0 aliphatic carbocycles. The molecule has 2 fully saturated rings. The first kappa shape index (κ1) is 16.3. The second kappa shape index (κ2) is 7.32. The zero-order valence-corrected chi connectivity index (χ0v) is 13.9. The molecule has 2 aliphatic rings. The number of benzene rings is 1. The molecule has 1 aromatic rings. The molecule has 5 nitrogen and oxygen atoms in total. The average Bonchev–Trinajstić information content (AvgIpc) is 2.97. The van der Waals surface area contributed by atoms with Gasteiger partial charge in [0.25, 0.3) is 0 Å².